The number of aromatic nitrogens is 1. The highest BCUT2D eigenvalue weighted by molar-refractivity contribution is 6.08. The van der Waals surface area contributed by atoms with Gasteiger partial charge in [-0.2, -0.15) is 0 Å². The number of ether oxygens (including phenoxy) is 2. The lowest BCUT2D eigenvalue weighted by Gasteiger charge is -2.13. The maximum atomic E-state index is 12.0. The zero-order valence-corrected chi connectivity index (χ0v) is 22.7. The summed E-state index contributed by atoms with van der Waals surface area (Å²) in [5.41, 5.74) is 5.53. The predicted octanol–water partition coefficient (Wildman–Crippen LogP) is 9.04. The van der Waals surface area contributed by atoms with Crippen molar-refractivity contribution in [2.75, 3.05) is 11.9 Å². The molecule has 6 rings (SSSR count). The van der Waals surface area contributed by atoms with Gasteiger partial charge in [0, 0.05) is 23.0 Å². The molecule has 1 heterocycles. The van der Waals surface area contributed by atoms with E-state index in [1.165, 1.54) is 0 Å². The number of carboxylic acid groups (broad SMARTS) is 1. The van der Waals surface area contributed by atoms with Crippen molar-refractivity contribution in [1.29, 1.82) is 0 Å². The molecule has 0 radical (unpaired) electrons. The number of anilines is 2. The van der Waals surface area contributed by atoms with Gasteiger partial charge < -0.3 is 24.5 Å². The minimum absolute atomic E-state index is 0.252. The number of benzene rings is 5. The van der Waals surface area contributed by atoms with Crippen LogP contribution >= 0.6 is 0 Å². The van der Waals surface area contributed by atoms with Gasteiger partial charge >= 0.3 is 6.16 Å². The van der Waals surface area contributed by atoms with Crippen LogP contribution in [0.3, 0.4) is 0 Å². The van der Waals surface area contributed by atoms with E-state index in [0.717, 1.165) is 49.8 Å². The number of rotatable bonds is 9. The molecule has 0 aliphatic carbocycles. The Morgan fingerprint density at radius 3 is 2.34 bits per heavy atom. The molecule has 5 aromatic carbocycles. The first kappa shape index (κ1) is 26.0. The molecule has 1 aromatic heterocycles. The monoisotopic (exact) mass is 542 g/mol. The molecule has 2 N–H and O–H groups in total. The van der Waals surface area contributed by atoms with Gasteiger partial charge in [-0.05, 0) is 59.7 Å². The van der Waals surface area contributed by atoms with E-state index in [1.54, 1.807) is 0 Å². The third-order valence-electron chi connectivity index (χ3n) is 7.24. The lowest BCUT2D eigenvalue weighted by Crippen LogP contribution is -2.11. The fourth-order valence-electron chi connectivity index (χ4n) is 5.40. The Morgan fingerprint density at radius 1 is 0.805 bits per heavy atom. The van der Waals surface area contributed by atoms with Crippen molar-refractivity contribution in [3.05, 3.63) is 121 Å². The molecule has 0 saturated carbocycles. The second-order valence-electron chi connectivity index (χ2n) is 9.88. The van der Waals surface area contributed by atoms with E-state index in [9.17, 15) is 9.90 Å². The van der Waals surface area contributed by atoms with E-state index in [2.05, 4.69) is 48.6 Å². The summed E-state index contributed by atoms with van der Waals surface area (Å²) < 4.78 is 13.6. The highest BCUT2D eigenvalue weighted by Gasteiger charge is 2.24. The molecule has 6 heteroatoms. The number of para-hydroxylation sites is 1. The van der Waals surface area contributed by atoms with Crippen LogP contribution in [-0.2, 0) is 6.54 Å². The first-order valence-electron chi connectivity index (χ1n) is 13.6. The summed E-state index contributed by atoms with van der Waals surface area (Å²) in [7, 11) is 0. The van der Waals surface area contributed by atoms with E-state index in [4.69, 9.17) is 9.47 Å². The molecule has 204 valence electrons. The lowest BCUT2D eigenvalue weighted by atomic mass is 9.97. The number of nitrogens with zero attached hydrogens (tertiary/aromatic N) is 1. The molecule has 0 unspecified atom stereocenters. The van der Waals surface area contributed by atoms with Crippen molar-refractivity contribution in [3.8, 4) is 22.8 Å². The number of carbonyl (C=O) groups is 1. The highest BCUT2D eigenvalue weighted by atomic mass is 16.7. The topological polar surface area (TPSA) is 72.7 Å². The summed E-state index contributed by atoms with van der Waals surface area (Å²) in [6.45, 7) is 3.03. The van der Waals surface area contributed by atoms with E-state index in [0.29, 0.717) is 25.3 Å². The number of hydrogen-bond acceptors (Lipinski definition) is 4. The Labute approximate surface area is 238 Å². The molecule has 6 aromatic rings. The number of aryl methyl sites for hydroxylation is 2. The largest absolute Gasteiger partial charge is 0.512 e. The summed E-state index contributed by atoms with van der Waals surface area (Å²) in [6.07, 6.45) is -0.725. The second kappa shape index (κ2) is 11.5. The van der Waals surface area contributed by atoms with Gasteiger partial charge in [0.2, 0.25) is 5.88 Å². The summed E-state index contributed by atoms with van der Waals surface area (Å²) >= 11 is 0. The Hall–Kier alpha value is -5.23. The number of fused-ring (bicyclic) bond motifs is 2. The third kappa shape index (κ3) is 5.32. The molecule has 0 saturated heterocycles. The quantitative estimate of drug-likeness (QED) is 0.141. The Balaban J connectivity index is 1.41. The normalized spacial score (nSPS) is 11.0. The molecule has 6 nitrogen and oxygen atoms in total. The molecular formula is C35H30N2O4. The summed E-state index contributed by atoms with van der Waals surface area (Å²) in [5, 5.41) is 16.3. The van der Waals surface area contributed by atoms with Crippen molar-refractivity contribution in [2.45, 2.75) is 19.9 Å². The molecule has 41 heavy (non-hydrogen) atoms. The molecular weight excluding hydrogens is 512 g/mol. The van der Waals surface area contributed by atoms with Crippen LogP contribution in [0, 0.1) is 6.92 Å². The average molecular weight is 543 g/mol. The maximum absolute atomic E-state index is 12.0. The minimum Gasteiger partial charge on any atom is -0.493 e. The fraction of sp³-hybridized carbons (Fsp3) is 0.114. The van der Waals surface area contributed by atoms with E-state index >= 15 is 0 Å². The SMILES string of the molecule is Cc1ccccc1-c1cccc2c1c(Nc1ccccc1)c(OC(=O)O)n2CCCOc1cccc2ccccc12. The maximum Gasteiger partial charge on any atom is 0.512 e. The van der Waals surface area contributed by atoms with Crippen LogP contribution in [-0.4, -0.2) is 22.4 Å². The highest BCUT2D eigenvalue weighted by Crippen LogP contribution is 2.44. The Morgan fingerprint density at radius 2 is 1.51 bits per heavy atom. The summed E-state index contributed by atoms with van der Waals surface area (Å²) in [6, 6.07) is 38.2. The predicted molar refractivity (Wildman–Crippen MR) is 165 cm³/mol. The van der Waals surface area contributed by atoms with Crippen LogP contribution in [0.4, 0.5) is 16.2 Å². The van der Waals surface area contributed by atoms with E-state index in [-0.39, 0.29) is 5.88 Å². The van der Waals surface area contributed by atoms with Crippen LogP contribution in [0.1, 0.15) is 12.0 Å². The standard InChI is InChI=1S/C35H30N2O4/c1-24-12-5-7-17-27(24)29-19-10-20-30-32(29)33(36-26-15-3-2-4-16-26)34(41-35(38)39)37(30)22-11-23-40-31-21-9-14-25-13-6-8-18-28(25)31/h2-10,12-21,36H,11,22-23H2,1H3,(H,38,39). The van der Waals surface area contributed by atoms with Gasteiger partial charge in [0.25, 0.3) is 0 Å². The van der Waals surface area contributed by atoms with Crippen LogP contribution in [0.25, 0.3) is 32.8 Å². The first-order valence-corrected chi connectivity index (χ1v) is 13.6. The summed E-state index contributed by atoms with van der Waals surface area (Å²) in [5.74, 6) is 1.08. The van der Waals surface area contributed by atoms with Gasteiger partial charge in [-0.1, -0.05) is 91.0 Å². The van der Waals surface area contributed by atoms with Crippen LogP contribution in [0.15, 0.2) is 115 Å². The second-order valence-corrected chi connectivity index (χ2v) is 9.88. The Kier molecular flexibility index (Phi) is 7.28. The zero-order chi connectivity index (χ0) is 28.2. The molecule has 0 aliphatic heterocycles. The fourth-order valence-corrected chi connectivity index (χ4v) is 5.40. The molecule has 0 fully saturated rings. The first-order chi connectivity index (χ1) is 20.1. The number of hydrogen-bond donors (Lipinski definition) is 2. The Bertz CT molecular complexity index is 1840. The van der Waals surface area contributed by atoms with Gasteiger partial charge in [0.1, 0.15) is 11.4 Å². The molecule has 0 atom stereocenters. The molecule has 0 aliphatic rings. The van der Waals surface area contributed by atoms with Gasteiger partial charge in [-0.15, -0.1) is 0 Å². The van der Waals surface area contributed by atoms with Crippen LogP contribution in [0.2, 0.25) is 0 Å². The minimum atomic E-state index is -1.37. The van der Waals surface area contributed by atoms with Crippen molar-refractivity contribution < 1.29 is 19.4 Å². The molecule has 0 bridgehead atoms. The van der Waals surface area contributed by atoms with E-state index in [1.807, 2.05) is 83.4 Å². The van der Waals surface area contributed by atoms with Crippen molar-refractivity contribution >= 4 is 39.2 Å². The van der Waals surface area contributed by atoms with E-state index < -0.39 is 6.16 Å². The summed E-state index contributed by atoms with van der Waals surface area (Å²) in [4.78, 5) is 12.0. The third-order valence-corrected chi connectivity index (χ3v) is 7.24. The van der Waals surface area contributed by atoms with Crippen LogP contribution < -0.4 is 14.8 Å². The molecule has 0 spiro atoms. The average Bonchev–Trinajstić information content (AvgIpc) is 3.27. The molecule has 0 amide bonds. The number of nitrogens with one attached hydrogen (secondary N) is 1. The van der Waals surface area contributed by atoms with Gasteiger partial charge in [0.15, 0.2) is 0 Å². The van der Waals surface area contributed by atoms with Gasteiger partial charge in [0.05, 0.1) is 12.1 Å². The smallest absolute Gasteiger partial charge is 0.493 e. The van der Waals surface area contributed by atoms with Crippen LogP contribution in [0.5, 0.6) is 11.6 Å². The zero-order valence-electron chi connectivity index (χ0n) is 22.7. The van der Waals surface area contributed by atoms with Gasteiger partial charge in [-0.25, -0.2) is 4.79 Å². The van der Waals surface area contributed by atoms with Crippen molar-refractivity contribution in [2.24, 2.45) is 0 Å². The van der Waals surface area contributed by atoms with Crippen molar-refractivity contribution in [1.82, 2.24) is 4.57 Å². The van der Waals surface area contributed by atoms with Crippen molar-refractivity contribution in [3.63, 3.8) is 0 Å². The lowest BCUT2D eigenvalue weighted by molar-refractivity contribution is 0.141. The van der Waals surface area contributed by atoms with Gasteiger partial charge in [-0.3, -0.25) is 0 Å².